The van der Waals surface area contributed by atoms with E-state index in [1.54, 1.807) is 0 Å². The Labute approximate surface area is 171 Å². The maximum Gasteiger partial charge on any atom is 0.225 e. The molecule has 0 aromatic carbocycles. The van der Waals surface area contributed by atoms with Crippen LogP contribution in [0.5, 0.6) is 0 Å². The second-order valence-electron chi connectivity index (χ2n) is 9.60. The number of hydrogen-bond acceptors (Lipinski definition) is 5. The van der Waals surface area contributed by atoms with Crippen molar-refractivity contribution in [2.24, 2.45) is 5.92 Å². The predicted octanol–water partition coefficient (Wildman–Crippen LogP) is 3.94. The van der Waals surface area contributed by atoms with Crippen LogP contribution in [0.25, 0.3) is 0 Å². The Morgan fingerprint density at radius 1 is 1.04 bits per heavy atom. The van der Waals surface area contributed by atoms with Gasteiger partial charge in [-0.05, 0) is 52.0 Å². The molecule has 4 rings (SSSR count). The lowest BCUT2D eigenvalue weighted by atomic mass is 9.89. The molecule has 2 aliphatic heterocycles. The molecule has 3 aliphatic rings. The molecule has 3 atom stereocenters. The summed E-state index contributed by atoms with van der Waals surface area (Å²) in [5, 5.41) is 0. The summed E-state index contributed by atoms with van der Waals surface area (Å²) in [6.07, 6.45) is 15.0. The van der Waals surface area contributed by atoms with E-state index in [4.69, 9.17) is 9.97 Å². The highest BCUT2D eigenvalue weighted by atomic mass is 15.4. The lowest BCUT2D eigenvalue weighted by Gasteiger charge is -2.43. The van der Waals surface area contributed by atoms with Gasteiger partial charge in [0.1, 0.15) is 0 Å². The van der Waals surface area contributed by atoms with Gasteiger partial charge in [-0.3, -0.25) is 4.90 Å². The largest absolute Gasteiger partial charge is 0.332 e. The zero-order valence-corrected chi connectivity index (χ0v) is 18.2. The summed E-state index contributed by atoms with van der Waals surface area (Å²) in [7, 11) is 2.25. The fraction of sp³-hybridized carbons (Fsp3) is 0.826. The number of nitrogens with zero attached hydrogens (tertiary/aromatic N) is 5. The Hall–Kier alpha value is -1.20. The van der Waals surface area contributed by atoms with Crippen LogP contribution in [0.4, 0.5) is 5.95 Å². The summed E-state index contributed by atoms with van der Waals surface area (Å²) in [5.74, 6) is 1.84. The highest BCUT2D eigenvalue weighted by Crippen LogP contribution is 2.34. The van der Waals surface area contributed by atoms with Gasteiger partial charge >= 0.3 is 0 Å². The molecule has 156 valence electrons. The van der Waals surface area contributed by atoms with Crippen molar-refractivity contribution in [1.82, 2.24) is 19.8 Å². The normalized spacial score (nSPS) is 27.5. The molecule has 0 radical (unpaired) electrons. The molecule has 1 aromatic rings. The number of hydrogen-bond donors (Lipinski definition) is 0. The number of likely N-dealkylation sites (tertiary alicyclic amines) is 1. The smallest absolute Gasteiger partial charge is 0.225 e. The average molecular weight is 386 g/mol. The van der Waals surface area contributed by atoms with Gasteiger partial charge in [0.05, 0.1) is 0 Å². The van der Waals surface area contributed by atoms with Gasteiger partial charge in [-0.2, -0.15) is 0 Å². The fourth-order valence-corrected chi connectivity index (χ4v) is 5.63. The summed E-state index contributed by atoms with van der Waals surface area (Å²) in [6.45, 7) is 9.17. The zero-order chi connectivity index (χ0) is 19.5. The quantitative estimate of drug-likeness (QED) is 0.710. The van der Waals surface area contributed by atoms with Crippen LogP contribution < -0.4 is 4.90 Å². The topological polar surface area (TPSA) is 35.5 Å². The monoisotopic (exact) mass is 385 g/mol. The molecule has 0 amide bonds. The summed E-state index contributed by atoms with van der Waals surface area (Å²) >= 11 is 0. The van der Waals surface area contributed by atoms with Gasteiger partial charge in [-0.25, -0.2) is 9.97 Å². The fourth-order valence-electron chi connectivity index (χ4n) is 5.63. The zero-order valence-electron chi connectivity index (χ0n) is 18.2. The first-order valence-corrected chi connectivity index (χ1v) is 11.7. The van der Waals surface area contributed by atoms with Crippen molar-refractivity contribution in [2.45, 2.75) is 89.9 Å². The molecular weight excluding hydrogens is 346 g/mol. The minimum absolute atomic E-state index is 0.590. The van der Waals surface area contributed by atoms with E-state index in [0.717, 1.165) is 18.4 Å². The molecular formula is C23H39N5. The van der Waals surface area contributed by atoms with Crippen molar-refractivity contribution >= 4 is 5.95 Å². The highest BCUT2D eigenvalue weighted by Gasteiger charge is 2.42. The molecule has 28 heavy (non-hydrogen) atoms. The molecule has 2 bridgehead atoms. The maximum atomic E-state index is 4.80. The Morgan fingerprint density at radius 3 is 2.29 bits per heavy atom. The van der Waals surface area contributed by atoms with Crippen molar-refractivity contribution in [3.05, 3.63) is 18.0 Å². The SMILES string of the molecule is CCC(C)N1CC2CCC(C1)N2c1ncc(CN(C)CC2CCCCC2)cn1. The molecule has 5 heteroatoms. The molecule has 3 unspecified atom stereocenters. The minimum Gasteiger partial charge on any atom is -0.332 e. The maximum absolute atomic E-state index is 4.80. The third-order valence-corrected chi connectivity index (χ3v) is 7.39. The average Bonchev–Trinajstić information content (AvgIpc) is 2.98. The van der Waals surface area contributed by atoms with Crippen LogP contribution in [0.3, 0.4) is 0 Å². The van der Waals surface area contributed by atoms with Gasteiger partial charge in [0.2, 0.25) is 5.95 Å². The van der Waals surface area contributed by atoms with Crippen molar-refractivity contribution < 1.29 is 0 Å². The van der Waals surface area contributed by atoms with E-state index in [0.29, 0.717) is 18.1 Å². The van der Waals surface area contributed by atoms with Crippen molar-refractivity contribution in [1.29, 1.82) is 0 Å². The van der Waals surface area contributed by atoms with Gasteiger partial charge in [-0.15, -0.1) is 0 Å². The van der Waals surface area contributed by atoms with Gasteiger partial charge in [0, 0.05) is 62.3 Å². The molecule has 1 aliphatic carbocycles. The number of fused-ring (bicyclic) bond motifs is 2. The molecule has 3 fully saturated rings. The number of anilines is 1. The molecule has 1 aromatic heterocycles. The third kappa shape index (κ3) is 4.51. The van der Waals surface area contributed by atoms with E-state index in [1.807, 2.05) is 0 Å². The predicted molar refractivity (Wildman–Crippen MR) is 116 cm³/mol. The van der Waals surface area contributed by atoms with Crippen LogP contribution in [0.1, 0.15) is 70.8 Å². The first-order chi connectivity index (χ1) is 13.6. The van der Waals surface area contributed by atoms with Gasteiger partial charge in [-0.1, -0.05) is 26.2 Å². The van der Waals surface area contributed by atoms with E-state index in [1.165, 1.54) is 76.6 Å². The third-order valence-electron chi connectivity index (χ3n) is 7.39. The van der Waals surface area contributed by atoms with E-state index < -0.39 is 0 Å². The van der Waals surface area contributed by atoms with Crippen LogP contribution in [0.15, 0.2) is 12.4 Å². The Bertz CT molecular complexity index is 598. The van der Waals surface area contributed by atoms with Crippen LogP contribution in [0.2, 0.25) is 0 Å². The number of piperazine rings is 1. The first-order valence-electron chi connectivity index (χ1n) is 11.7. The summed E-state index contributed by atoms with van der Waals surface area (Å²) in [6, 6.07) is 1.87. The van der Waals surface area contributed by atoms with Gasteiger partial charge in [0.25, 0.3) is 0 Å². The highest BCUT2D eigenvalue weighted by molar-refractivity contribution is 5.37. The van der Waals surface area contributed by atoms with Crippen LogP contribution in [-0.2, 0) is 6.54 Å². The lowest BCUT2D eigenvalue weighted by molar-refractivity contribution is 0.162. The molecule has 0 N–H and O–H groups in total. The summed E-state index contributed by atoms with van der Waals surface area (Å²) in [4.78, 5) is 17.3. The second kappa shape index (κ2) is 9.08. The molecule has 2 saturated heterocycles. The molecule has 3 heterocycles. The van der Waals surface area contributed by atoms with Crippen molar-refractivity contribution in [2.75, 3.05) is 31.6 Å². The molecule has 0 spiro atoms. The standard InChI is InChI=1S/C23H39N5/c1-4-18(2)27-16-21-10-11-22(17-27)28(21)23-24-12-20(13-25-23)15-26(3)14-19-8-6-5-7-9-19/h12-13,18-19,21-22H,4-11,14-17H2,1-3H3. The van der Waals surface area contributed by atoms with Gasteiger partial charge < -0.3 is 9.80 Å². The van der Waals surface area contributed by atoms with E-state index in [-0.39, 0.29) is 0 Å². The Morgan fingerprint density at radius 2 is 1.68 bits per heavy atom. The molecule has 1 saturated carbocycles. The van der Waals surface area contributed by atoms with Crippen molar-refractivity contribution in [3.63, 3.8) is 0 Å². The Balaban J connectivity index is 1.33. The summed E-state index contributed by atoms with van der Waals surface area (Å²) < 4.78 is 0. The number of rotatable bonds is 7. The first kappa shape index (κ1) is 20.1. The Kier molecular flexibility index (Phi) is 6.52. The van der Waals surface area contributed by atoms with Gasteiger partial charge in [0.15, 0.2) is 0 Å². The van der Waals surface area contributed by atoms with Crippen LogP contribution in [0, 0.1) is 5.92 Å². The minimum atomic E-state index is 0.590. The van der Waals surface area contributed by atoms with Crippen LogP contribution >= 0.6 is 0 Å². The lowest BCUT2D eigenvalue weighted by Crippen LogP contribution is -2.56. The molecule has 5 nitrogen and oxygen atoms in total. The second-order valence-corrected chi connectivity index (χ2v) is 9.60. The van der Waals surface area contributed by atoms with E-state index in [9.17, 15) is 0 Å². The van der Waals surface area contributed by atoms with Crippen molar-refractivity contribution in [3.8, 4) is 0 Å². The number of aromatic nitrogens is 2. The van der Waals surface area contributed by atoms with E-state index >= 15 is 0 Å². The summed E-state index contributed by atoms with van der Waals surface area (Å²) in [5.41, 5.74) is 1.24. The van der Waals surface area contributed by atoms with E-state index in [2.05, 4.69) is 48.0 Å². The van der Waals surface area contributed by atoms with Crippen LogP contribution in [-0.4, -0.2) is 64.6 Å².